The predicted octanol–water partition coefficient (Wildman–Crippen LogP) is 2.62. The molecule has 0 unspecified atom stereocenters. The number of nitrogen functional groups attached to an aromatic ring is 1. The van der Waals surface area contributed by atoms with E-state index in [2.05, 4.69) is 10.3 Å². The van der Waals surface area contributed by atoms with E-state index in [0.29, 0.717) is 23.7 Å². The number of aryl methyl sites for hydroxylation is 1. The van der Waals surface area contributed by atoms with Crippen molar-refractivity contribution in [2.75, 3.05) is 17.7 Å². The zero-order valence-corrected chi connectivity index (χ0v) is 11.5. The Hall–Kier alpha value is -2.56. The molecular weight excluding hydrogens is 254 g/mol. The third-order valence-electron chi connectivity index (χ3n) is 2.76. The first-order chi connectivity index (χ1) is 9.60. The number of nitrogens with zero attached hydrogens (tertiary/aromatic N) is 1. The number of benzene rings is 1. The number of ether oxygens (including phenoxy) is 1. The maximum atomic E-state index is 12.1. The van der Waals surface area contributed by atoms with Crippen molar-refractivity contribution in [1.82, 2.24) is 4.98 Å². The van der Waals surface area contributed by atoms with Gasteiger partial charge in [0.05, 0.1) is 18.5 Å². The summed E-state index contributed by atoms with van der Waals surface area (Å²) < 4.78 is 5.33. The highest BCUT2D eigenvalue weighted by Gasteiger charge is 2.09. The molecule has 1 heterocycles. The molecule has 3 N–H and O–H groups in total. The fourth-order valence-electron chi connectivity index (χ4n) is 1.78. The first-order valence-corrected chi connectivity index (χ1v) is 6.36. The summed E-state index contributed by atoms with van der Waals surface area (Å²) in [6, 6.07) is 8.73. The molecule has 1 aromatic heterocycles. The van der Waals surface area contributed by atoms with Crippen LogP contribution < -0.4 is 15.8 Å². The van der Waals surface area contributed by atoms with Crippen LogP contribution in [0.3, 0.4) is 0 Å². The molecule has 1 amide bonds. The third kappa shape index (κ3) is 3.26. The van der Waals surface area contributed by atoms with Gasteiger partial charge in [-0.1, -0.05) is 0 Å². The molecule has 0 spiro atoms. The van der Waals surface area contributed by atoms with E-state index in [9.17, 15) is 4.79 Å². The molecular formula is C15H17N3O2. The highest BCUT2D eigenvalue weighted by atomic mass is 16.5. The minimum Gasteiger partial charge on any atom is -0.494 e. The first-order valence-electron chi connectivity index (χ1n) is 6.36. The van der Waals surface area contributed by atoms with Gasteiger partial charge < -0.3 is 15.8 Å². The second-order valence-electron chi connectivity index (χ2n) is 4.35. The molecule has 5 nitrogen and oxygen atoms in total. The molecule has 0 aliphatic rings. The Labute approximate surface area is 117 Å². The average molecular weight is 271 g/mol. The Morgan fingerprint density at radius 1 is 1.35 bits per heavy atom. The average Bonchev–Trinajstić information content (AvgIpc) is 2.43. The van der Waals surface area contributed by atoms with Gasteiger partial charge in [-0.15, -0.1) is 0 Å². The Balaban J connectivity index is 2.11. The smallest absolute Gasteiger partial charge is 0.256 e. The number of pyridine rings is 1. The predicted molar refractivity (Wildman–Crippen MR) is 79.0 cm³/mol. The van der Waals surface area contributed by atoms with Gasteiger partial charge in [0.15, 0.2) is 0 Å². The quantitative estimate of drug-likeness (QED) is 0.896. The van der Waals surface area contributed by atoms with Gasteiger partial charge >= 0.3 is 0 Å². The summed E-state index contributed by atoms with van der Waals surface area (Å²) in [5.41, 5.74) is 7.57. The first kappa shape index (κ1) is 13.9. The van der Waals surface area contributed by atoms with Crippen LogP contribution >= 0.6 is 0 Å². The van der Waals surface area contributed by atoms with Gasteiger partial charge in [0, 0.05) is 5.56 Å². The summed E-state index contributed by atoms with van der Waals surface area (Å²) in [5.74, 6) is 1.04. The summed E-state index contributed by atoms with van der Waals surface area (Å²) in [4.78, 5) is 16.2. The third-order valence-corrected chi connectivity index (χ3v) is 2.76. The molecule has 0 saturated heterocycles. The van der Waals surface area contributed by atoms with Crippen molar-refractivity contribution >= 4 is 17.4 Å². The van der Waals surface area contributed by atoms with Crippen molar-refractivity contribution in [3.63, 3.8) is 0 Å². The second kappa shape index (κ2) is 6.06. The van der Waals surface area contributed by atoms with E-state index in [0.717, 1.165) is 11.3 Å². The summed E-state index contributed by atoms with van der Waals surface area (Å²) in [7, 11) is 0. The fraction of sp³-hybridized carbons (Fsp3) is 0.200. The van der Waals surface area contributed by atoms with Crippen molar-refractivity contribution in [3.8, 4) is 5.75 Å². The lowest BCUT2D eigenvalue weighted by atomic mass is 10.2. The number of nitrogens with two attached hydrogens (primary N) is 1. The van der Waals surface area contributed by atoms with E-state index in [1.54, 1.807) is 30.3 Å². The molecule has 0 fully saturated rings. The van der Waals surface area contributed by atoms with Crippen molar-refractivity contribution in [2.24, 2.45) is 0 Å². The molecule has 1 aromatic carbocycles. The number of nitrogens with one attached hydrogen (secondary N) is 1. The standard InChI is InChI=1S/C15H17N3O2/c1-3-20-13-6-4-11(5-7-13)15(19)18-14-10(2)8-12(16)9-17-14/h4-9H,3,16H2,1-2H3,(H,17,18,19). The van der Waals surface area contributed by atoms with E-state index in [4.69, 9.17) is 10.5 Å². The molecule has 2 aromatic rings. The summed E-state index contributed by atoms with van der Waals surface area (Å²) in [6.45, 7) is 4.35. The lowest BCUT2D eigenvalue weighted by Gasteiger charge is -2.08. The molecule has 0 radical (unpaired) electrons. The SMILES string of the molecule is CCOc1ccc(C(=O)Nc2ncc(N)cc2C)cc1. The maximum Gasteiger partial charge on any atom is 0.256 e. The van der Waals surface area contributed by atoms with Crippen molar-refractivity contribution in [2.45, 2.75) is 13.8 Å². The summed E-state index contributed by atoms with van der Waals surface area (Å²) in [5, 5.41) is 2.76. The zero-order valence-electron chi connectivity index (χ0n) is 11.5. The molecule has 0 aliphatic carbocycles. The van der Waals surface area contributed by atoms with Crippen LogP contribution in [0.15, 0.2) is 36.5 Å². The van der Waals surface area contributed by atoms with Crippen molar-refractivity contribution in [3.05, 3.63) is 47.7 Å². The second-order valence-corrected chi connectivity index (χ2v) is 4.35. The zero-order chi connectivity index (χ0) is 14.5. The normalized spacial score (nSPS) is 10.1. The van der Waals surface area contributed by atoms with Crippen LogP contribution in [0.2, 0.25) is 0 Å². The van der Waals surface area contributed by atoms with Crippen LogP contribution in [0, 0.1) is 6.92 Å². The van der Waals surface area contributed by atoms with Crippen LogP contribution in [-0.4, -0.2) is 17.5 Å². The van der Waals surface area contributed by atoms with Crippen LogP contribution in [0.1, 0.15) is 22.8 Å². The van der Waals surface area contributed by atoms with Crippen LogP contribution in [0.4, 0.5) is 11.5 Å². The van der Waals surface area contributed by atoms with E-state index < -0.39 is 0 Å². The molecule has 0 atom stereocenters. The van der Waals surface area contributed by atoms with E-state index >= 15 is 0 Å². The van der Waals surface area contributed by atoms with Gasteiger partial charge in [-0.05, 0) is 49.7 Å². The molecule has 2 rings (SSSR count). The highest BCUT2D eigenvalue weighted by Crippen LogP contribution is 2.16. The largest absolute Gasteiger partial charge is 0.494 e. The summed E-state index contributed by atoms with van der Waals surface area (Å²) >= 11 is 0. The fourth-order valence-corrected chi connectivity index (χ4v) is 1.78. The van der Waals surface area contributed by atoms with Gasteiger partial charge in [-0.2, -0.15) is 0 Å². The van der Waals surface area contributed by atoms with Crippen LogP contribution in [0.25, 0.3) is 0 Å². The lowest BCUT2D eigenvalue weighted by Crippen LogP contribution is -2.14. The van der Waals surface area contributed by atoms with Gasteiger partial charge in [0.2, 0.25) is 0 Å². The Kier molecular flexibility index (Phi) is 4.20. The van der Waals surface area contributed by atoms with Crippen LogP contribution in [-0.2, 0) is 0 Å². The Morgan fingerprint density at radius 3 is 2.65 bits per heavy atom. The molecule has 5 heteroatoms. The molecule has 0 aliphatic heterocycles. The number of carbonyl (C=O) groups is 1. The number of carbonyl (C=O) groups excluding carboxylic acids is 1. The number of anilines is 2. The topological polar surface area (TPSA) is 77.2 Å². The molecule has 0 bridgehead atoms. The molecule has 0 saturated carbocycles. The molecule has 20 heavy (non-hydrogen) atoms. The maximum absolute atomic E-state index is 12.1. The Morgan fingerprint density at radius 2 is 2.05 bits per heavy atom. The minimum absolute atomic E-state index is 0.214. The van der Waals surface area contributed by atoms with Gasteiger partial charge in [0.25, 0.3) is 5.91 Å². The van der Waals surface area contributed by atoms with E-state index in [1.807, 2.05) is 13.8 Å². The Bertz CT molecular complexity index is 609. The van der Waals surface area contributed by atoms with Gasteiger partial charge in [0.1, 0.15) is 11.6 Å². The van der Waals surface area contributed by atoms with E-state index in [-0.39, 0.29) is 5.91 Å². The number of hydrogen-bond acceptors (Lipinski definition) is 4. The van der Waals surface area contributed by atoms with Gasteiger partial charge in [-0.3, -0.25) is 4.79 Å². The highest BCUT2D eigenvalue weighted by molar-refractivity contribution is 6.04. The minimum atomic E-state index is -0.214. The van der Waals surface area contributed by atoms with E-state index in [1.165, 1.54) is 6.20 Å². The lowest BCUT2D eigenvalue weighted by molar-refractivity contribution is 0.102. The molecule has 104 valence electrons. The monoisotopic (exact) mass is 271 g/mol. The number of rotatable bonds is 4. The number of hydrogen-bond donors (Lipinski definition) is 2. The van der Waals surface area contributed by atoms with Gasteiger partial charge in [-0.25, -0.2) is 4.98 Å². The van der Waals surface area contributed by atoms with Crippen LogP contribution in [0.5, 0.6) is 5.75 Å². The number of amides is 1. The summed E-state index contributed by atoms with van der Waals surface area (Å²) in [6.07, 6.45) is 1.51. The number of aromatic nitrogens is 1. The van der Waals surface area contributed by atoms with Crippen molar-refractivity contribution < 1.29 is 9.53 Å². The van der Waals surface area contributed by atoms with Crippen molar-refractivity contribution in [1.29, 1.82) is 0 Å².